The predicted molar refractivity (Wildman–Crippen MR) is 103 cm³/mol. The van der Waals surface area contributed by atoms with E-state index < -0.39 is 12.0 Å². The summed E-state index contributed by atoms with van der Waals surface area (Å²) in [4.78, 5) is 41.8. The molecule has 0 bridgehead atoms. The van der Waals surface area contributed by atoms with Crippen LogP contribution in [-0.2, 0) is 4.79 Å². The van der Waals surface area contributed by atoms with Crippen molar-refractivity contribution in [1.29, 1.82) is 0 Å². The lowest BCUT2D eigenvalue weighted by atomic mass is 10.1. The Labute approximate surface area is 160 Å². The minimum atomic E-state index is -1.20. The van der Waals surface area contributed by atoms with Gasteiger partial charge in [-0.25, -0.2) is 9.78 Å². The number of carboxylic acids is 1. The number of anilines is 1. The number of aromatic carboxylic acids is 1. The number of carbonyl (C=O) groups excluding carboxylic acids is 2. The molecule has 1 atom stereocenters. The average molecular weight is 385 g/mol. The number of thioether (sulfide) groups is 1. The van der Waals surface area contributed by atoms with Crippen LogP contribution in [0.25, 0.3) is 0 Å². The highest BCUT2D eigenvalue weighted by Gasteiger charge is 2.35. The molecule has 0 spiro atoms. The monoisotopic (exact) mass is 385 g/mol. The van der Waals surface area contributed by atoms with Gasteiger partial charge in [0.25, 0.3) is 5.91 Å². The number of aryl methyl sites for hydroxylation is 2. The second-order valence-corrected chi connectivity index (χ2v) is 7.33. The Morgan fingerprint density at radius 1 is 1.22 bits per heavy atom. The molecule has 2 aromatic rings. The molecule has 1 fully saturated rings. The molecule has 0 aliphatic carbocycles. The maximum Gasteiger partial charge on any atom is 0.354 e. The summed E-state index contributed by atoms with van der Waals surface area (Å²) < 4.78 is 0. The SMILES string of the molecule is Cc1ccc(NC(=O)C2CSCN2C(=O)c2ccnc(C(=O)O)c2)c(C)c1. The molecule has 27 heavy (non-hydrogen) atoms. The highest BCUT2D eigenvalue weighted by atomic mass is 32.2. The number of amides is 2. The summed E-state index contributed by atoms with van der Waals surface area (Å²) in [6.45, 7) is 3.89. The van der Waals surface area contributed by atoms with Crippen molar-refractivity contribution < 1.29 is 19.5 Å². The first-order chi connectivity index (χ1) is 12.9. The molecule has 0 saturated carbocycles. The van der Waals surface area contributed by atoms with Crippen molar-refractivity contribution in [3.63, 3.8) is 0 Å². The largest absolute Gasteiger partial charge is 0.477 e. The van der Waals surface area contributed by atoms with Gasteiger partial charge in [-0.3, -0.25) is 9.59 Å². The zero-order valence-electron chi connectivity index (χ0n) is 14.9. The summed E-state index contributed by atoms with van der Waals surface area (Å²) in [5.74, 6) is -0.989. The smallest absolute Gasteiger partial charge is 0.354 e. The second-order valence-electron chi connectivity index (χ2n) is 6.33. The van der Waals surface area contributed by atoms with Crippen LogP contribution in [0.5, 0.6) is 0 Å². The second kappa shape index (κ2) is 7.79. The Morgan fingerprint density at radius 2 is 2.00 bits per heavy atom. The first-order valence-electron chi connectivity index (χ1n) is 8.33. The molecule has 1 aromatic carbocycles. The number of carbonyl (C=O) groups is 3. The van der Waals surface area contributed by atoms with Gasteiger partial charge in [0, 0.05) is 23.2 Å². The van der Waals surface area contributed by atoms with Gasteiger partial charge < -0.3 is 15.3 Å². The van der Waals surface area contributed by atoms with E-state index in [0.29, 0.717) is 17.3 Å². The van der Waals surface area contributed by atoms with Gasteiger partial charge in [0.15, 0.2) is 0 Å². The van der Waals surface area contributed by atoms with Crippen LogP contribution in [0, 0.1) is 13.8 Å². The van der Waals surface area contributed by atoms with E-state index in [9.17, 15) is 14.4 Å². The van der Waals surface area contributed by atoms with E-state index in [2.05, 4.69) is 10.3 Å². The Balaban J connectivity index is 1.78. The first kappa shape index (κ1) is 18.9. The lowest BCUT2D eigenvalue weighted by Gasteiger charge is -2.23. The summed E-state index contributed by atoms with van der Waals surface area (Å²) in [6, 6.07) is 7.80. The number of pyridine rings is 1. The quantitative estimate of drug-likeness (QED) is 0.839. The third-order valence-corrected chi connectivity index (χ3v) is 5.32. The minimum Gasteiger partial charge on any atom is -0.477 e. The third kappa shape index (κ3) is 4.11. The molecule has 1 aliphatic rings. The maximum atomic E-state index is 12.8. The van der Waals surface area contributed by atoms with Gasteiger partial charge in [0.1, 0.15) is 11.7 Å². The number of nitrogens with zero attached hydrogens (tertiary/aromatic N) is 2. The zero-order valence-corrected chi connectivity index (χ0v) is 15.7. The average Bonchev–Trinajstić information content (AvgIpc) is 3.13. The number of benzene rings is 1. The molecular weight excluding hydrogens is 366 g/mol. The molecule has 2 heterocycles. The van der Waals surface area contributed by atoms with Gasteiger partial charge in [-0.1, -0.05) is 17.7 Å². The highest BCUT2D eigenvalue weighted by Crippen LogP contribution is 2.25. The fourth-order valence-corrected chi connectivity index (χ4v) is 4.03. The first-order valence-corrected chi connectivity index (χ1v) is 9.48. The maximum absolute atomic E-state index is 12.8. The van der Waals surface area contributed by atoms with Crippen molar-refractivity contribution in [2.24, 2.45) is 0 Å². The number of nitrogens with one attached hydrogen (secondary N) is 1. The van der Waals surface area contributed by atoms with Gasteiger partial charge >= 0.3 is 5.97 Å². The van der Waals surface area contributed by atoms with Crippen LogP contribution < -0.4 is 5.32 Å². The van der Waals surface area contributed by atoms with E-state index in [-0.39, 0.29) is 23.1 Å². The molecule has 1 aromatic heterocycles. The van der Waals surface area contributed by atoms with Crippen molar-refractivity contribution in [3.8, 4) is 0 Å². The fraction of sp³-hybridized carbons (Fsp3) is 0.263. The molecule has 2 N–H and O–H groups in total. The van der Waals surface area contributed by atoms with Crippen LogP contribution in [0.3, 0.4) is 0 Å². The zero-order chi connectivity index (χ0) is 19.6. The van der Waals surface area contributed by atoms with E-state index >= 15 is 0 Å². The van der Waals surface area contributed by atoms with Gasteiger partial charge in [0.2, 0.25) is 5.91 Å². The summed E-state index contributed by atoms with van der Waals surface area (Å²) in [5.41, 5.74) is 2.77. The van der Waals surface area contributed by atoms with Crippen LogP contribution >= 0.6 is 11.8 Å². The van der Waals surface area contributed by atoms with Gasteiger partial charge in [-0.2, -0.15) is 0 Å². The molecule has 8 heteroatoms. The molecule has 0 radical (unpaired) electrons. The Kier molecular flexibility index (Phi) is 5.46. The van der Waals surface area contributed by atoms with Crippen LogP contribution in [0.2, 0.25) is 0 Å². The van der Waals surface area contributed by atoms with Crippen molar-refractivity contribution in [2.75, 3.05) is 16.9 Å². The van der Waals surface area contributed by atoms with Crippen LogP contribution in [-0.4, -0.2) is 50.4 Å². The normalized spacial score (nSPS) is 16.2. The fourth-order valence-electron chi connectivity index (χ4n) is 2.88. The molecule has 140 valence electrons. The summed E-state index contributed by atoms with van der Waals surface area (Å²) in [7, 11) is 0. The third-order valence-electron chi connectivity index (χ3n) is 4.31. The van der Waals surface area contributed by atoms with Crippen molar-refractivity contribution in [3.05, 3.63) is 58.9 Å². The van der Waals surface area contributed by atoms with Crippen LogP contribution in [0.15, 0.2) is 36.5 Å². The minimum absolute atomic E-state index is 0.203. The molecule has 1 aliphatic heterocycles. The highest BCUT2D eigenvalue weighted by molar-refractivity contribution is 7.99. The number of aromatic nitrogens is 1. The van der Waals surface area contributed by atoms with Crippen molar-refractivity contribution in [1.82, 2.24) is 9.88 Å². The van der Waals surface area contributed by atoms with Gasteiger partial charge in [0.05, 0.1) is 5.88 Å². The summed E-state index contributed by atoms with van der Waals surface area (Å²) in [5, 5.41) is 11.9. The summed E-state index contributed by atoms with van der Waals surface area (Å²) >= 11 is 1.48. The molecule has 1 unspecified atom stereocenters. The van der Waals surface area contributed by atoms with Crippen LogP contribution in [0.4, 0.5) is 5.69 Å². The van der Waals surface area contributed by atoms with E-state index in [4.69, 9.17) is 5.11 Å². The lowest BCUT2D eigenvalue weighted by molar-refractivity contribution is -0.119. The van der Waals surface area contributed by atoms with E-state index in [1.54, 1.807) is 0 Å². The Hall–Kier alpha value is -2.87. The van der Waals surface area contributed by atoms with Crippen LogP contribution in [0.1, 0.15) is 32.0 Å². The van der Waals surface area contributed by atoms with E-state index in [0.717, 1.165) is 11.1 Å². The predicted octanol–water partition coefficient (Wildman–Crippen LogP) is 2.55. The standard InChI is InChI=1S/C19H19N3O4S/c1-11-3-4-14(12(2)7-11)21-17(23)16-9-27-10-22(16)18(24)13-5-6-20-15(8-13)19(25)26/h3-8,16H,9-10H2,1-2H3,(H,21,23)(H,25,26). The lowest BCUT2D eigenvalue weighted by Crippen LogP contribution is -2.44. The number of hydrogen-bond donors (Lipinski definition) is 2. The molecule has 2 amide bonds. The Bertz CT molecular complexity index is 916. The van der Waals surface area contributed by atoms with Gasteiger partial charge in [-0.05, 0) is 37.6 Å². The van der Waals surface area contributed by atoms with E-state index in [1.807, 2.05) is 32.0 Å². The van der Waals surface area contributed by atoms with E-state index in [1.165, 1.54) is 35.0 Å². The molecule has 3 rings (SSSR count). The number of rotatable bonds is 4. The molecule has 1 saturated heterocycles. The Morgan fingerprint density at radius 3 is 2.70 bits per heavy atom. The summed E-state index contributed by atoms with van der Waals surface area (Å²) in [6.07, 6.45) is 1.28. The molecular formula is C19H19N3O4S. The van der Waals surface area contributed by atoms with Crippen molar-refractivity contribution >= 4 is 35.2 Å². The number of hydrogen-bond acceptors (Lipinski definition) is 5. The number of carboxylic acid groups (broad SMARTS) is 1. The van der Waals surface area contributed by atoms with Crippen molar-refractivity contribution in [2.45, 2.75) is 19.9 Å². The van der Waals surface area contributed by atoms with Gasteiger partial charge in [-0.15, -0.1) is 11.8 Å². The topological polar surface area (TPSA) is 99.6 Å². The molecule has 7 nitrogen and oxygen atoms in total.